The Balaban J connectivity index is 2.71. The van der Waals surface area contributed by atoms with E-state index in [9.17, 15) is 15.0 Å². The van der Waals surface area contributed by atoms with Crippen molar-refractivity contribution >= 4 is 11.5 Å². The van der Waals surface area contributed by atoms with Crippen LogP contribution in [0.5, 0.6) is 0 Å². The molecule has 0 aliphatic rings. The molecule has 1 aromatic rings. The molecule has 0 radical (unpaired) electrons. The summed E-state index contributed by atoms with van der Waals surface area (Å²) >= 11 is 0. The second-order valence-electron chi connectivity index (χ2n) is 5.95. The van der Waals surface area contributed by atoms with Gasteiger partial charge in [-0.2, -0.15) is 0 Å². The molecule has 7 nitrogen and oxygen atoms in total. The summed E-state index contributed by atoms with van der Waals surface area (Å²) in [7, 11) is 1.49. The Morgan fingerprint density at radius 3 is 2.54 bits per heavy atom. The molecule has 2 N–H and O–H groups in total. The van der Waals surface area contributed by atoms with Crippen molar-refractivity contribution in [2.24, 2.45) is 11.1 Å². The van der Waals surface area contributed by atoms with Crippen LogP contribution in [0.3, 0.4) is 0 Å². The van der Waals surface area contributed by atoms with E-state index in [0.717, 1.165) is 5.56 Å². The van der Waals surface area contributed by atoms with E-state index in [4.69, 9.17) is 9.57 Å². The molecule has 134 valence electrons. The maximum absolute atomic E-state index is 11.9. The van der Waals surface area contributed by atoms with E-state index < -0.39 is 18.3 Å². The number of rotatable bonds is 10. The van der Waals surface area contributed by atoms with E-state index >= 15 is 0 Å². The predicted octanol–water partition coefficient (Wildman–Crippen LogP) is 0.978. The van der Waals surface area contributed by atoms with Gasteiger partial charge in [-0.05, 0) is 24.5 Å². The number of hydrogen-bond acceptors (Lipinski definition) is 7. The molecule has 7 heteroatoms. The number of carbonyl (C=O) groups is 1. The largest absolute Gasteiger partial charge is 0.390 e. The Kier molecular flexibility index (Phi) is 8.53. The lowest BCUT2D eigenvalue weighted by Crippen LogP contribution is -2.42. The fraction of sp³-hybridized carbons (Fsp3) is 0.588. The molecule has 0 unspecified atom stereocenters. The van der Waals surface area contributed by atoms with Gasteiger partial charge in [-0.15, -0.1) is 0 Å². The number of hydrogen-bond donors (Lipinski definition) is 2. The monoisotopic (exact) mass is 338 g/mol. The van der Waals surface area contributed by atoms with E-state index in [1.165, 1.54) is 14.0 Å². The van der Waals surface area contributed by atoms with Gasteiger partial charge in [0.15, 0.2) is 12.4 Å². The highest BCUT2D eigenvalue weighted by Gasteiger charge is 2.29. The quantitative estimate of drug-likeness (QED) is 0.487. The number of methoxy groups -OCH3 is 1. The molecule has 24 heavy (non-hydrogen) atoms. The van der Waals surface area contributed by atoms with Gasteiger partial charge < -0.3 is 19.8 Å². The maximum atomic E-state index is 11.9. The molecule has 0 aliphatic carbocycles. The molecule has 0 saturated carbocycles. The van der Waals surface area contributed by atoms with Crippen LogP contribution in [0.4, 0.5) is 0 Å². The second-order valence-corrected chi connectivity index (χ2v) is 5.95. The van der Waals surface area contributed by atoms with Gasteiger partial charge in [0.25, 0.3) is 0 Å². The average Bonchev–Trinajstić information content (AvgIpc) is 2.53. The first-order valence-corrected chi connectivity index (χ1v) is 7.86. The van der Waals surface area contributed by atoms with Crippen molar-refractivity contribution < 1.29 is 24.6 Å². The van der Waals surface area contributed by atoms with E-state index in [1.54, 1.807) is 24.5 Å². The molecule has 1 rings (SSSR count). The summed E-state index contributed by atoms with van der Waals surface area (Å²) in [6.45, 7) is 5.00. The highest BCUT2D eigenvalue weighted by molar-refractivity contribution is 5.93. The summed E-state index contributed by atoms with van der Waals surface area (Å²) in [4.78, 5) is 21.0. The Morgan fingerprint density at radius 2 is 2.04 bits per heavy atom. The third kappa shape index (κ3) is 6.35. The Morgan fingerprint density at radius 1 is 1.33 bits per heavy atom. The van der Waals surface area contributed by atoms with Crippen molar-refractivity contribution in [1.82, 2.24) is 4.98 Å². The SMILES string of the molecule is CO[C@H](/C(=N/OCC(=O)Cc1cccnc1)[C@@H](O)[C@@H](C)O)C(C)C. The summed E-state index contributed by atoms with van der Waals surface area (Å²) in [6.07, 6.45) is 0.651. The first-order valence-electron chi connectivity index (χ1n) is 7.86. The van der Waals surface area contributed by atoms with Gasteiger partial charge in [0.1, 0.15) is 17.9 Å². The summed E-state index contributed by atoms with van der Waals surface area (Å²) in [6, 6.07) is 3.56. The third-order valence-electron chi connectivity index (χ3n) is 3.43. The van der Waals surface area contributed by atoms with Crippen LogP contribution >= 0.6 is 0 Å². The molecular weight excluding hydrogens is 312 g/mol. The Bertz CT molecular complexity index is 531. The minimum Gasteiger partial charge on any atom is -0.390 e. The lowest BCUT2D eigenvalue weighted by molar-refractivity contribution is -0.123. The van der Waals surface area contributed by atoms with Crippen LogP contribution in [0.2, 0.25) is 0 Å². The average molecular weight is 338 g/mol. The standard InChI is InChI=1S/C17H26N2O5/c1-11(2)17(23-4)15(16(22)12(3)20)19-24-10-14(21)8-13-6-5-7-18-9-13/h5-7,9,11-12,16-17,20,22H,8,10H2,1-4H3/b19-15+/t12-,16+,17+/m1/s1. The smallest absolute Gasteiger partial charge is 0.177 e. The normalized spacial score (nSPS) is 15.9. The number of Topliss-reactive ketones (excluding diaryl/α,β-unsaturated/α-hetero) is 1. The van der Waals surface area contributed by atoms with Gasteiger partial charge in [-0.25, -0.2) is 0 Å². The van der Waals surface area contributed by atoms with Crippen LogP contribution in [-0.2, 0) is 20.8 Å². The molecule has 0 saturated heterocycles. The summed E-state index contributed by atoms with van der Waals surface area (Å²) in [5, 5.41) is 23.6. The summed E-state index contributed by atoms with van der Waals surface area (Å²) in [5.41, 5.74) is 0.952. The number of carbonyl (C=O) groups excluding carboxylic acids is 1. The van der Waals surface area contributed by atoms with Gasteiger partial charge in [0.2, 0.25) is 0 Å². The highest BCUT2D eigenvalue weighted by Crippen LogP contribution is 2.13. The predicted molar refractivity (Wildman–Crippen MR) is 89.7 cm³/mol. The zero-order chi connectivity index (χ0) is 18.1. The first-order chi connectivity index (χ1) is 11.4. The van der Waals surface area contributed by atoms with Crippen molar-refractivity contribution in [3.63, 3.8) is 0 Å². The topological polar surface area (TPSA) is 101 Å². The van der Waals surface area contributed by atoms with E-state index in [2.05, 4.69) is 10.1 Å². The molecule has 0 aromatic carbocycles. The molecular formula is C17H26N2O5. The zero-order valence-corrected chi connectivity index (χ0v) is 14.5. The van der Waals surface area contributed by atoms with Crippen LogP contribution in [0.15, 0.2) is 29.7 Å². The van der Waals surface area contributed by atoms with Gasteiger partial charge in [0.05, 0.1) is 6.10 Å². The van der Waals surface area contributed by atoms with Crippen LogP contribution in [0.1, 0.15) is 26.3 Å². The fourth-order valence-corrected chi connectivity index (χ4v) is 2.22. The number of pyridine rings is 1. The van der Waals surface area contributed by atoms with Crippen LogP contribution in [0.25, 0.3) is 0 Å². The lowest BCUT2D eigenvalue weighted by Gasteiger charge is -2.25. The maximum Gasteiger partial charge on any atom is 0.177 e. The Labute approximate surface area is 142 Å². The molecule has 0 spiro atoms. The van der Waals surface area contributed by atoms with Crippen LogP contribution < -0.4 is 0 Å². The third-order valence-corrected chi connectivity index (χ3v) is 3.43. The van der Waals surface area contributed by atoms with Crippen molar-refractivity contribution in [3.05, 3.63) is 30.1 Å². The number of oxime groups is 1. The highest BCUT2D eigenvalue weighted by atomic mass is 16.6. The first kappa shape index (κ1) is 20.2. The molecule has 1 aromatic heterocycles. The molecule has 0 aliphatic heterocycles. The molecule has 0 bridgehead atoms. The fourth-order valence-electron chi connectivity index (χ4n) is 2.22. The van der Waals surface area contributed by atoms with Gasteiger partial charge in [0, 0.05) is 25.9 Å². The number of ketones is 1. The zero-order valence-electron chi connectivity index (χ0n) is 14.5. The minimum absolute atomic E-state index is 0.0110. The van der Waals surface area contributed by atoms with Crippen LogP contribution in [-0.4, -0.2) is 58.7 Å². The van der Waals surface area contributed by atoms with Gasteiger partial charge in [-0.3, -0.25) is 9.78 Å². The summed E-state index contributed by atoms with van der Waals surface area (Å²) in [5.74, 6) is -0.159. The second kappa shape index (κ2) is 10.1. The molecule has 1 heterocycles. The molecule has 3 atom stereocenters. The lowest BCUT2D eigenvalue weighted by atomic mass is 9.96. The van der Waals surface area contributed by atoms with E-state index in [-0.39, 0.29) is 30.4 Å². The van der Waals surface area contributed by atoms with Crippen molar-refractivity contribution in [2.45, 2.75) is 45.5 Å². The number of aliphatic hydroxyl groups is 2. The van der Waals surface area contributed by atoms with Crippen molar-refractivity contribution in [3.8, 4) is 0 Å². The summed E-state index contributed by atoms with van der Waals surface area (Å²) < 4.78 is 5.32. The number of ether oxygens (including phenoxy) is 1. The van der Waals surface area contributed by atoms with Gasteiger partial charge in [-0.1, -0.05) is 25.1 Å². The number of aliphatic hydroxyl groups excluding tert-OH is 2. The van der Waals surface area contributed by atoms with Crippen molar-refractivity contribution in [2.75, 3.05) is 13.7 Å². The number of nitrogens with zero attached hydrogens (tertiary/aromatic N) is 2. The number of aromatic nitrogens is 1. The van der Waals surface area contributed by atoms with Crippen molar-refractivity contribution in [1.29, 1.82) is 0 Å². The minimum atomic E-state index is -1.23. The van der Waals surface area contributed by atoms with E-state index in [1.807, 2.05) is 13.8 Å². The van der Waals surface area contributed by atoms with E-state index in [0.29, 0.717) is 0 Å². The Hall–Kier alpha value is -1.83. The van der Waals surface area contributed by atoms with Crippen LogP contribution in [0, 0.1) is 5.92 Å². The molecule has 0 amide bonds. The molecule has 0 fully saturated rings. The van der Waals surface area contributed by atoms with Gasteiger partial charge >= 0.3 is 0 Å².